The van der Waals surface area contributed by atoms with Crippen molar-refractivity contribution in [2.24, 2.45) is 5.92 Å². The zero-order valence-electron chi connectivity index (χ0n) is 13.7. The topological polar surface area (TPSA) is 52.6 Å². The van der Waals surface area contributed by atoms with Gasteiger partial charge in [0.2, 0.25) is 11.8 Å². The van der Waals surface area contributed by atoms with Gasteiger partial charge in [-0.15, -0.1) is 0 Å². The lowest BCUT2D eigenvalue weighted by molar-refractivity contribution is -0.151. The summed E-state index contributed by atoms with van der Waals surface area (Å²) in [4.78, 5) is 29.0. The summed E-state index contributed by atoms with van der Waals surface area (Å²) in [5.41, 5.74) is -0.667. The van der Waals surface area contributed by atoms with Crippen molar-refractivity contribution < 1.29 is 9.59 Å². The number of carbonyl (C=O) groups excluding carboxylic acids is 2. The van der Waals surface area contributed by atoms with Gasteiger partial charge in [0.05, 0.1) is 6.54 Å². The van der Waals surface area contributed by atoms with Crippen molar-refractivity contribution in [2.45, 2.75) is 52.0 Å². The highest BCUT2D eigenvalue weighted by Crippen LogP contribution is 2.25. The minimum Gasteiger partial charge on any atom is -0.340 e. The Morgan fingerprint density at radius 3 is 2.29 bits per heavy atom. The maximum absolute atomic E-state index is 12.8. The van der Waals surface area contributed by atoms with Crippen LogP contribution >= 0.6 is 0 Å². The number of piperidine rings is 1. The van der Waals surface area contributed by atoms with Crippen LogP contribution in [0.5, 0.6) is 0 Å². The highest BCUT2D eigenvalue weighted by molar-refractivity contribution is 5.97. The number of amides is 2. The molecule has 5 nitrogen and oxygen atoms in total. The minimum atomic E-state index is -0.667. The molecular formula is C16H29N3O2. The third-order valence-electron chi connectivity index (χ3n) is 5.25. The molecule has 1 N–H and O–H groups in total. The number of piperazine rings is 1. The summed E-state index contributed by atoms with van der Waals surface area (Å²) >= 11 is 0. The van der Waals surface area contributed by atoms with E-state index in [1.165, 1.54) is 0 Å². The molecule has 0 saturated carbocycles. The minimum absolute atomic E-state index is 0.00991. The first-order valence-electron chi connectivity index (χ1n) is 8.37. The smallest absolute Gasteiger partial charge is 0.248 e. The highest BCUT2D eigenvalue weighted by atomic mass is 16.2. The van der Waals surface area contributed by atoms with Crippen molar-refractivity contribution in [3.8, 4) is 0 Å². The van der Waals surface area contributed by atoms with Crippen LogP contribution in [0.3, 0.4) is 0 Å². The van der Waals surface area contributed by atoms with Gasteiger partial charge in [0, 0.05) is 6.54 Å². The van der Waals surface area contributed by atoms with E-state index in [4.69, 9.17) is 0 Å². The van der Waals surface area contributed by atoms with Gasteiger partial charge in [-0.25, -0.2) is 0 Å². The first-order valence-corrected chi connectivity index (χ1v) is 8.37. The van der Waals surface area contributed by atoms with Gasteiger partial charge in [-0.1, -0.05) is 20.8 Å². The molecule has 2 amide bonds. The number of nitrogens with one attached hydrogen (secondary N) is 1. The summed E-state index contributed by atoms with van der Waals surface area (Å²) in [6, 6.07) is 0. The average molecular weight is 295 g/mol. The van der Waals surface area contributed by atoms with Crippen LogP contribution in [0.4, 0.5) is 0 Å². The number of carbonyl (C=O) groups is 2. The summed E-state index contributed by atoms with van der Waals surface area (Å²) in [5.74, 6) is 0.642. The molecule has 0 aromatic rings. The highest BCUT2D eigenvalue weighted by Gasteiger charge is 2.44. The van der Waals surface area contributed by atoms with Crippen molar-refractivity contribution in [2.75, 3.05) is 32.7 Å². The fraction of sp³-hybridized carbons (Fsp3) is 0.875. The molecule has 0 spiro atoms. The van der Waals surface area contributed by atoms with E-state index in [2.05, 4.69) is 17.1 Å². The fourth-order valence-electron chi connectivity index (χ4n) is 3.58. The number of hydrogen-bond acceptors (Lipinski definition) is 3. The number of hydrogen-bond donors (Lipinski definition) is 1. The molecule has 2 aliphatic heterocycles. The Morgan fingerprint density at radius 1 is 1.14 bits per heavy atom. The first kappa shape index (κ1) is 16.3. The van der Waals surface area contributed by atoms with E-state index < -0.39 is 5.54 Å². The van der Waals surface area contributed by atoms with Crippen LogP contribution in [-0.4, -0.2) is 59.9 Å². The maximum Gasteiger partial charge on any atom is 0.248 e. The Hall–Kier alpha value is -1.10. The zero-order valence-corrected chi connectivity index (χ0v) is 13.7. The Balaban J connectivity index is 1.99. The third-order valence-corrected chi connectivity index (χ3v) is 5.25. The number of nitrogens with zero attached hydrogens (tertiary/aromatic N) is 2. The predicted octanol–water partition coefficient (Wildman–Crippen LogP) is 1.24. The van der Waals surface area contributed by atoms with Gasteiger partial charge in [0.1, 0.15) is 5.54 Å². The monoisotopic (exact) mass is 295 g/mol. The Bertz CT molecular complexity index is 385. The molecule has 2 fully saturated rings. The van der Waals surface area contributed by atoms with Crippen LogP contribution in [0.15, 0.2) is 0 Å². The SMILES string of the molecule is CCN1CCC(CN2CC(=O)NC(CC)(CC)C2=O)CC1. The standard InChI is InChI=1S/C16H29N3O2/c1-4-16(5-2)15(21)19(12-14(20)17-16)11-13-7-9-18(6-3)10-8-13/h13H,4-12H2,1-3H3,(H,17,20). The van der Waals surface area contributed by atoms with Crippen molar-refractivity contribution >= 4 is 11.8 Å². The van der Waals surface area contributed by atoms with E-state index in [9.17, 15) is 9.59 Å². The van der Waals surface area contributed by atoms with Crippen molar-refractivity contribution in [1.82, 2.24) is 15.1 Å². The lowest BCUT2D eigenvalue weighted by atomic mass is 9.87. The lowest BCUT2D eigenvalue weighted by Gasteiger charge is -2.43. The van der Waals surface area contributed by atoms with Crippen molar-refractivity contribution in [1.29, 1.82) is 0 Å². The van der Waals surface area contributed by atoms with Gasteiger partial charge in [-0.2, -0.15) is 0 Å². The molecule has 2 saturated heterocycles. The van der Waals surface area contributed by atoms with Gasteiger partial charge < -0.3 is 15.1 Å². The number of likely N-dealkylation sites (tertiary alicyclic amines) is 1. The molecule has 21 heavy (non-hydrogen) atoms. The van der Waals surface area contributed by atoms with E-state index in [-0.39, 0.29) is 18.4 Å². The molecule has 5 heteroatoms. The van der Waals surface area contributed by atoms with Crippen LogP contribution < -0.4 is 5.32 Å². The van der Waals surface area contributed by atoms with Crippen LogP contribution in [0, 0.1) is 5.92 Å². The predicted molar refractivity (Wildman–Crippen MR) is 82.9 cm³/mol. The Labute approximate surface area is 128 Å². The van der Waals surface area contributed by atoms with Crippen LogP contribution in [0.25, 0.3) is 0 Å². The normalized spacial score (nSPS) is 24.2. The Kier molecular flexibility index (Phi) is 5.25. The molecular weight excluding hydrogens is 266 g/mol. The number of rotatable bonds is 5. The van der Waals surface area contributed by atoms with E-state index in [0.29, 0.717) is 18.8 Å². The summed E-state index contributed by atoms with van der Waals surface area (Å²) in [5, 5.41) is 2.92. The summed E-state index contributed by atoms with van der Waals surface area (Å²) < 4.78 is 0. The van der Waals surface area contributed by atoms with Crippen LogP contribution in [-0.2, 0) is 9.59 Å². The molecule has 2 rings (SSSR count). The quantitative estimate of drug-likeness (QED) is 0.830. The van der Waals surface area contributed by atoms with Gasteiger partial charge in [-0.3, -0.25) is 9.59 Å². The molecule has 0 unspecified atom stereocenters. The van der Waals surface area contributed by atoms with E-state index in [1.54, 1.807) is 4.90 Å². The second-order valence-electron chi connectivity index (χ2n) is 6.40. The lowest BCUT2D eigenvalue weighted by Crippen LogP contribution is -2.66. The summed E-state index contributed by atoms with van der Waals surface area (Å²) in [7, 11) is 0. The summed E-state index contributed by atoms with van der Waals surface area (Å²) in [6.45, 7) is 10.4. The molecule has 0 bridgehead atoms. The fourth-order valence-corrected chi connectivity index (χ4v) is 3.58. The summed E-state index contributed by atoms with van der Waals surface area (Å²) in [6.07, 6.45) is 3.59. The average Bonchev–Trinajstić information content (AvgIpc) is 2.51. The maximum atomic E-state index is 12.8. The van der Waals surface area contributed by atoms with Gasteiger partial charge in [-0.05, 0) is 51.2 Å². The van der Waals surface area contributed by atoms with E-state index in [0.717, 1.165) is 39.0 Å². The molecule has 0 aliphatic carbocycles. The molecule has 2 heterocycles. The van der Waals surface area contributed by atoms with E-state index >= 15 is 0 Å². The third kappa shape index (κ3) is 3.39. The van der Waals surface area contributed by atoms with Gasteiger partial charge >= 0.3 is 0 Å². The van der Waals surface area contributed by atoms with Crippen LogP contribution in [0.1, 0.15) is 46.5 Å². The van der Waals surface area contributed by atoms with Crippen molar-refractivity contribution in [3.05, 3.63) is 0 Å². The second-order valence-corrected chi connectivity index (χ2v) is 6.40. The van der Waals surface area contributed by atoms with Gasteiger partial charge in [0.15, 0.2) is 0 Å². The second kappa shape index (κ2) is 6.77. The molecule has 0 atom stereocenters. The molecule has 0 aromatic heterocycles. The molecule has 0 radical (unpaired) electrons. The molecule has 120 valence electrons. The largest absolute Gasteiger partial charge is 0.340 e. The first-order chi connectivity index (χ1) is 10.0. The van der Waals surface area contributed by atoms with Crippen molar-refractivity contribution in [3.63, 3.8) is 0 Å². The molecule has 2 aliphatic rings. The zero-order chi connectivity index (χ0) is 15.5. The van der Waals surface area contributed by atoms with Gasteiger partial charge in [0.25, 0.3) is 0 Å². The van der Waals surface area contributed by atoms with Crippen LogP contribution in [0.2, 0.25) is 0 Å². The molecule has 0 aromatic carbocycles. The van der Waals surface area contributed by atoms with E-state index in [1.807, 2.05) is 13.8 Å². The Morgan fingerprint density at radius 2 is 1.76 bits per heavy atom.